The zero-order chi connectivity index (χ0) is 19.0. The number of fused-ring (bicyclic) bond motifs is 1. The Labute approximate surface area is 158 Å². The maximum atomic E-state index is 12.7. The molecule has 1 saturated carbocycles. The number of rotatable bonds is 5. The van der Waals surface area contributed by atoms with Crippen LogP contribution in [0.3, 0.4) is 0 Å². The Hall–Kier alpha value is -3.02. The fourth-order valence-electron chi connectivity index (χ4n) is 3.43. The fraction of sp³-hybridized carbons (Fsp3) is 0.333. The molecule has 2 aromatic rings. The maximum absolute atomic E-state index is 12.7. The van der Waals surface area contributed by atoms with Gasteiger partial charge in [-0.15, -0.1) is 0 Å². The van der Waals surface area contributed by atoms with Gasteiger partial charge in [-0.25, -0.2) is 0 Å². The van der Waals surface area contributed by atoms with Crippen molar-refractivity contribution in [2.75, 3.05) is 31.0 Å². The van der Waals surface area contributed by atoms with Gasteiger partial charge < -0.3 is 19.7 Å². The molecule has 1 N–H and O–H groups in total. The number of carbonyl (C=O) groups is 2. The van der Waals surface area contributed by atoms with Gasteiger partial charge in [-0.1, -0.05) is 0 Å². The van der Waals surface area contributed by atoms with E-state index in [0.717, 1.165) is 30.5 Å². The molecule has 1 aliphatic heterocycles. The molecule has 140 valence electrons. The minimum atomic E-state index is -0.226. The van der Waals surface area contributed by atoms with Gasteiger partial charge in [0.1, 0.15) is 11.5 Å². The van der Waals surface area contributed by atoms with E-state index in [-0.39, 0.29) is 17.7 Å². The second-order valence-corrected chi connectivity index (χ2v) is 6.88. The molecule has 0 saturated heterocycles. The highest BCUT2D eigenvalue weighted by Gasteiger charge is 2.36. The van der Waals surface area contributed by atoms with E-state index in [2.05, 4.69) is 5.32 Å². The molecule has 4 rings (SSSR count). The Morgan fingerprint density at radius 1 is 1.07 bits per heavy atom. The molecule has 0 aromatic heterocycles. The van der Waals surface area contributed by atoms with Crippen LogP contribution in [-0.4, -0.2) is 32.6 Å². The summed E-state index contributed by atoms with van der Waals surface area (Å²) in [5.41, 5.74) is 3.07. The van der Waals surface area contributed by atoms with Crippen molar-refractivity contribution in [1.29, 1.82) is 0 Å². The molecule has 2 aromatic carbocycles. The van der Waals surface area contributed by atoms with E-state index in [1.807, 2.05) is 17.0 Å². The van der Waals surface area contributed by atoms with Crippen LogP contribution in [0, 0.1) is 5.92 Å². The predicted molar refractivity (Wildman–Crippen MR) is 103 cm³/mol. The second-order valence-electron chi connectivity index (χ2n) is 6.88. The maximum Gasteiger partial charge on any atom is 0.255 e. The van der Waals surface area contributed by atoms with Gasteiger partial charge in [0.15, 0.2) is 0 Å². The average Bonchev–Trinajstić information content (AvgIpc) is 3.46. The summed E-state index contributed by atoms with van der Waals surface area (Å²) >= 11 is 0. The van der Waals surface area contributed by atoms with Crippen molar-refractivity contribution in [3.63, 3.8) is 0 Å². The number of carbonyl (C=O) groups excluding carboxylic acids is 2. The van der Waals surface area contributed by atoms with Gasteiger partial charge in [-0.2, -0.15) is 0 Å². The first-order valence-electron chi connectivity index (χ1n) is 9.08. The van der Waals surface area contributed by atoms with E-state index in [4.69, 9.17) is 9.47 Å². The van der Waals surface area contributed by atoms with E-state index < -0.39 is 0 Å². The van der Waals surface area contributed by atoms with Crippen molar-refractivity contribution in [3.05, 3.63) is 47.5 Å². The third-order valence-electron chi connectivity index (χ3n) is 5.08. The molecule has 0 atom stereocenters. The van der Waals surface area contributed by atoms with Crippen LogP contribution in [0.4, 0.5) is 11.4 Å². The van der Waals surface area contributed by atoms with Crippen LogP contribution in [0.2, 0.25) is 0 Å². The Morgan fingerprint density at radius 3 is 2.59 bits per heavy atom. The van der Waals surface area contributed by atoms with Crippen molar-refractivity contribution < 1.29 is 19.1 Å². The summed E-state index contributed by atoms with van der Waals surface area (Å²) in [7, 11) is 3.13. The Morgan fingerprint density at radius 2 is 1.89 bits per heavy atom. The molecular formula is C21H22N2O4. The Bertz CT molecular complexity index is 905. The van der Waals surface area contributed by atoms with Crippen molar-refractivity contribution in [1.82, 2.24) is 0 Å². The van der Waals surface area contributed by atoms with E-state index in [1.165, 1.54) is 0 Å². The second kappa shape index (κ2) is 6.95. The van der Waals surface area contributed by atoms with E-state index in [0.29, 0.717) is 29.3 Å². The molecule has 2 aliphatic rings. The van der Waals surface area contributed by atoms with Crippen molar-refractivity contribution in [2.45, 2.75) is 19.3 Å². The molecule has 0 radical (unpaired) electrons. The highest BCUT2D eigenvalue weighted by atomic mass is 16.5. The van der Waals surface area contributed by atoms with Crippen LogP contribution < -0.4 is 19.7 Å². The number of benzene rings is 2. The smallest absolute Gasteiger partial charge is 0.255 e. The van der Waals surface area contributed by atoms with E-state index in [1.54, 1.807) is 38.5 Å². The van der Waals surface area contributed by atoms with E-state index in [9.17, 15) is 9.59 Å². The summed E-state index contributed by atoms with van der Waals surface area (Å²) < 4.78 is 10.5. The lowest BCUT2D eigenvalue weighted by molar-refractivity contribution is -0.119. The number of methoxy groups -OCH3 is 2. The molecule has 27 heavy (non-hydrogen) atoms. The van der Waals surface area contributed by atoms with Crippen molar-refractivity contribution >= 4 is 23.2 Å². The van der Waals surface area contributed by atoms with Gasteiger partial charge in [-0.3, -0.25) is 9.59 Å². The third kappa shape index (κ3) is 3.35. The molecule has 6 heteroatoms. The molecule has 0 spiro atoms. The molecule has 1 fully saturated rings. The monoisotopic (exact) mass is 366 g/mol. The molecule has 1 aliphatic carbocycles. The summed E-state index contributed by atoms with van der Waals surface area (Å²) in [5, 5.41) is 2.88. The van der Waals surface area contributed by atoms with Gasteiger partial charge in [-0.05, 0) is 55.2 Å². The molecule has 6 nitrogen and oxygen atoms in total. The van der Waals surface area contributed by atoms with Crippen LogP contribution in [0.1, 0.15) is 28.8 Å². The molecule has 0 bridgehead atoms. The fourth-order valence-corrected chi connectivity index (χ4v) is 3.43. The number of amides is 2. The minimum absolute atomic E-state index is 0.194. The standard InChI is InChI=1S/C21H22N2O4/c1-26-16-6-8-19(27-2)17(12-16)22-20(24)15-5-7-18-14(11-15)9-10-23(18)21(25)13-3-4-13/h5-8,11-13H,3-4,9-10H2,1-2H3,(H,22,24). The first kappa shape index (κ1) is 17.4. The zero-order valence-corrected chi connectivity index (χ0v) is 15.5. The number of hydrogen-bond acceptors (Lipinski definition) is 4. The molecule has 2 amide bonds. The number of ether oxygens (including phenoxy) is 2. The summed E-state index contributed by atoms with van der Waals surface area (Å²) in [5.74, 6) is 1.38. The first-order chi connectivity index (χ1) is 13.1. The van der Waals surface area contributed by atoms with Crippen molar-refractivity contribution in [3.8, 4) is 11.5 Å². The number of nitrogens with one attached hydrogen (secondary N) is 1. The van der Waals surface area contributed by atoms with Crippen LogP contribution in [0.15, 0.2) is 36.4 Å². The quantitative estimate of drug-likeness (QED) is 0.882. The molecule has 1 heterocycles. The summed E-state index contributed by atoms with van der Waals surface area (Å²) in [6.45, 7) is 0.694. The van der Waals surface area contributed by atoms with Crippen LogP contribution in [0.5, 0.6) is 11.5 Å². The van der Waals surface area contributed by atoms with Crippen molar-refractivity contribution in [2.24, 2.45) is 5.92 Å². The van der Waals surface area contributed by atoms with Crippen LogP contribution >= 0.6 is 0 Å². The molecular weight excluding hydrogens is 344 g/mol. The average molecular weight is 366 g/mol. The SMILES string of the molecule is COc1ccc(OC)c(NC(=O)c2ccc3c(c2)CCN3C(=O)C2CC2)c1. The third-order valence-corrected chi connectivity index (χ3v) is 5.08. The largest absolute Gasteiger partial charge is 0.497 e. The first-order valence-corrected chi connectivity index (χ1v) is 9.08. The highest BCUT2D eigenvalue weighted by molar-refractivity contribution is 6.06. The minimum Gasteiger partial charge on any atom is -0.497 e. The van der Waals surface area contributed by atoms with Gasteiger partial charge in [0.2, 0.25) is 5.91 Å². The Balaban J connectivity index is 1.54. The van der Waals surface area contributed by atoms with Gasteiger partial charge in [0.25, 0.3) is 5.91 Å². The van der Waals surface area contributed by atoms with Gasteiger partial charge in [0, 0.05) is 29.8 Å². The number of anilines is 2. The lowest BCUT2D eigenvalue weighted by Gasteiger charge is -2.17. The molecule has 0 unspecified atom stereocenters. The zero-order valence-electron chi connectivity index (χ0n) is 15.5. The normalized spacial score (nSPS) is 15.3. The van der Waals surface area contributed by atoms with E-state index >= 15 is 0 Å². The Kier molecular flexibility index (Phi) is 4.48. The predicted octanol–water partition coefficient (Wildman–Crippen LogP) is 3.26. The van der Waals surface area contributed by atoms with Gasteiger partial charge >= 0.3 is 0 Å². The summed E-state index contributed by atoms with van der Waals surface area (Å²) in [6, 6.07) is 10.8. The topological polar surface area (TPSA) is 67.9 Å². The highest BCUT2D eigenvalue weighted by Crippen LogP contribution is 2.37. The van der Waals surface area contributed by atoms with Crippen LogP contribution in [0.25, 0.3) is 0 Å². The summed E-state index contributed by atoms with van der Waals surface area (Å²) in [6.07, 6.45) is 2.76. The number of hydrogen-bond donors (Lipinski definition) is 1. The van der Waals surface area contributed by atoms with Gasteiger partial charge in [0.05, 0.1) is 19.9 Å². The lowest BCUT2D eigenvalue weighted by Crippen LogP contribution is -2.30. The van der Waals surface area contributed by atoms with Crippen LogP contribution in [-0.2, 0) is 11.2 Å². The summed E-state index contributed by atoms with van der Waals surface area (Å²) in [4.78, 5) is 27.0. The number of nitrogens with zero attached hydrogens (tertiary/aromatic N) is 1. The lowest BCUT2D eigenvalue weighted by atomic mass is 10.1.